The zero-order valence-corrected chi connectivity index (χ0v) is 47.1. The van der Waals surface area contributed by atoms with Gasteiger partial charge in [0.15, 0.2) is 13.7 Å². The Labute approximate surface area is 429 Å². The minimum atomic E-state index is -2.82. The fourth-order valence-electron chi connectivity index (χ4n) is 9.28. The molecular formula is C57H110N3O9P. The van der Waals surface area contributed by atoms with E-state index in [1.54, 1.807) is 0 Å². The molecule has 0 aromatic heterocycles. The second-order valence-electron chi connectivity index (χ2n) is 21.3. The molecule has 1 aliphatic heterocycles. The minimum absolute atomic E-state index is 0.0165. The summed E-state index contributed by atoms with van der Waals surface area (Å²) in [7, 11) is -2.82. The lowest BCUT2D eigenvalue weighted by Gasteiger charge is -2.26. The van der Waals surface area contributed by atoms with E-state index in [0.29, 0.717) is 57.8 Å². The third-order valence-corrected chi connectivity index (χ3v) is 14.4. The molecule has 0 aromatic carbocycles. The molecule has 3 amide bonds. The molecule has 0 radical (unpaired) electrons. The Morgan fingerprint density at radius 3 is 1.64 bits per heavy atom. The molecule has 0 saturated carbocycles. The third-order valence-electron chi connectivity index (χ3n) is 13.6. The standard InChI is InChI=1S/C57H110N3O9P/c1-7-10-13-16-19-22-25-28-31-37-49(4)46-53(61)59-50(48-67-56-41-34-35-44-66-56)38-36-43-58-57(64)52(42-45-68-70(5,6)65)60-54(62)47-51(39-32-29-26-23-20-17-14-11-8-2)69-55(63)40-33-30-27-24-21-18-15-12-9-3/h49-52,56H,7-48H2,1-6H3,(H,58,64)(H,59,61)(H,60,62)/t49-,50-,51-,52+,56?/m1/s1. The Balaban J connectivity index is 2.83. The Bertz CT molecular complexity index is 1330. The van der Waals surface area contributed by atoms with E-state index in [1.807, 2.05) is 0 Å². The number of rotatable bonds is 49. The molecule has 0 bridgehead atoms. The molecule has 412 valence electrons. The first-order valence-corrected chi connectivity index (χ1v) is 31.9. The van der Waals surface area contributed by atoms with Crippen LogP contribution in [0.4, 0.5) is 0 Å². The second-order valence-corrected chi connectivity index (χ2v) is 24.0. The fraction of sp³-hybridized carbons (Fsp3) is 0.930. The van der Waals surface area contributed by atoms with Gasteiger partial charge in [-0.2, -0.15) is 0 Å². The van der Waals surface area contributed by atoms with Crippen molar-refractivity contribution in [2.24, 2.45) is 5.92 Å². The maximum atomic E-state index is 13.7. The first-order chi connectivity index (χ1) is 33.9. The van der Waals surface area contributed by atoms with Crippen molar-refractivity contribution in [3.63, 3.8) is 0 Å². The van der Waals surface area contributed by atoms with Crippen LogP contribution in [-0.4, -0.2) is 87.9 Å². The lowest BCUT2D eigenvalue weighted by Crippen LogP contribution is -2.48. The zero-order valence-electron chi connectivity index (χ0n) is 46.2. The van der Waals surface area contributed by atoms with E-state index in [2.05, 4.69) is 43.6 Å². The van der Waals surface area contributed by atoms with Gasteiger partial charge in [0, 0.05) is 45.7 Å². The van der Waals surface area contributed by atoms with Crippen molar-refractivity contribution in [1.82, 2.24) is 16.0 Å². The van der Waals surface area contributed by atoms with Crippen LogP contribution in [0.3, 0.4) is 0 Å². The van der Waals surface area contributed by atoms with Crippen LogP contribution in [0.5, 0.6) is 0 Å². The van der Waals surface area contributed by atoms with Gasteiger partial charge in [-0.3, -0.25) is 23.7 Å². The highest BCUT2D eigenvalue weighted by molar-refractivity contribution is 7.57. The van der Waals surface area contributed by atoms with Crippen LogP contribution in [-0.2, 0) is 42.5 Å². The third kappa shape index (κ3) is 41.5. The van der Waals surface area contributed by atoms with Gasteiger partial charge in [-0.05, 0) is 57.3 Å². The highest BCUT2D eigenvalue weighted by Crippen LogP contribution is 2.37. The van der Waals surface area contributed by atoms with Gasteiger partial charge < -0.3 is 34.7 Å². The first kappa shape index (κ1) is 66.0. The molecule has 13 heteroatoms. The van der Waals surface area contributed by atoms with Crippen molar-refractivity contribution in [3.8, 4) is 0 Å². The molecule has 0 spiro atoms. The summed E-state index contributed by atoms with van der Waals surface area (Å²) in [6, 6.07) is -1.17. The molecule has 0 aromatic rings. The van der Waals surface area contributed by atoms with Crippen molar-refractivity contribution in [2.75, 3.05) is 39.7 Å². The second kappa shape index (κ2) is 45.6. The number of ether oxygens (including phenoxy) is 3. The van der Waals surface area contributed by atoms with Crippen molar-refractivity contribution >= 4 is 31.1 Å². The molecular weight excluding hydrogens is 902 g/mol. The molecule has 0 aliphatic carbocycles. The summed E-state index contributed by atoms with van der Waals surface area (Å²) in [4.78, 5) is 53.8. The number of carbonyl (C=O) groups excluding carboxylic acids is 4. The Kier molecular flexibility index (Phi) is 43.0. The van der Waals surface area contributed by atoms with Crippen LogP contribution < -0.4 is 16.0 Å². The monoisotopic (exact) mass is 1010 g/mol. The Hall–Kier alpha value is -2.01. The lowest BCUT2D eigenvalue weighted by molar-refractivity contribution is -0.167. The van der Waals surface area contributed by atoms with Crippen LogP contribution >= 0.6 is 7.37 Å². The summed E-state index contributed by atoms with van der Waals surface area (Å²) >= 11 is 0. The van der Waals surface area contributed by atoms with Crippen molar-refractivity contribution in [2.45, 2.75) is 296 Å². The van der Waals surface area contributed by atoms with Gasteiger partial charge in [0.2, 0.25) is 17.7 Å². The predicted octanol–water partition coefficient (Wildman–Crippen LogP) is 14.4. The SMILES string of the molecule is CCCCCCCCCCCC(=O)O[C@H](CCCCCCCCCCC)CC(=O)N[C@@H](CCOP(C)(C)=O)C(=O)NCCC[C@H](COC1CCCCO1)NC(=O)C[C@H](C)CCCCCCCCCCC. The molecule has 70 heavy (non-hydrogen) atoms. The highest BCUT2D eigenvalue weighted by atomic mass is 31.2. The summed E-state index contributed by atoms with van der Waals surface area (Å²) in [6.07, 6.45) is 38.2. The number of nitrogens with one attached hydrogen (secondary N) is 3. The van der Waals surface area contributed by atoms with E-state index in [-0.39, 0.29) is 55.5 Å². The van der Waals surface area contributed by atoms with Gasteiger partial charge >= 0.3 is 5.97 Å². The zero-order chi connectivity index (χ0) is 51.3. The van der Waals surface area contributed by atoms with Crippen molar-refractivity contribution in [3.05, 3.63) is 0 Å². The molecule has 1 heterocycles. The van der Waals surface area contributed by atoms with E-state index in [0.717, 1.165) is 70.6 Å². The molecule has 1 rings (SSSR count). The van der Waals surface area contributed by atoms with Crippen LogP contribution in [0.1, 0.15) is 272 Å². The number of unbranched alkanes of at least 4 members (excludes halogenated alkanes) is 24. The summed E-state index contributed by atoms with van der Waals surface area (Å²) < 4.78 is 35.9. The van der Waals surface area contributed by atoms with Gasteiger partial charge in [0.25, 0.3) is 0 Å². The summed E-state index contributed by atoms with van der Waals surface area (Å²) in [5, 5.41) is 9.13. The first-order valence-electron chi connectivity index (χ1n) is 29.3. The van der Waals surface area contributed by atoms with E-state index in [1.165, 1.54) is 142 Å². The van der Waals surface area contributed by atoms with Crippen LogP contribution in [0.2, 0.25) is 0 Å². The van der Waals surface area contributed by atoms with Crippen LogP contribution in [0.25, 0.3) is 0 Å². The average Bonchev–Trinajstić information content (AvgIpc) is 3.32. The normalized spacial score (nSPS) is 15.8. The predicted molar refractivity (Wildman–Crippen MR) is 289 cm³/mol. The average molecular weight is 1010 g/mol. The largest absolute Gasteiger partial charge is 0.462 e. The Morgan fingerprint density at radius 2 is 1.11 bits per heavy atom. The molecule has 3 N–H and O–H groups in total. The van der Waals surface area contributed by atoms with Gasteiger partial charge in [-0.15, -0.1) is 0 Å². The quantitative estimate of drug-likeness (QED) is 0.0306. The van der Waals surface area contributed by atoms with E-state index < -0.39 is 19.5 Å². The van der Waals surface area contributed by atoms with Gasteiger partial charge in [0.1, 0.15) is 12.1 Å². The van der Waals surface area contributed by atoms with E-state index >= 15 is 0 Å². The summed E-state index contributed by atoms with van der Waals surface area (Å²) in [6.45, 7) is 13.3. The number of amides is 3. The van der Waals surface area contributed by atoms with E-state index in [4.69, 9.17) is 18.7 Å². The van der Waals surface area contributed by atoms with Gasteiger partial charge in [-0.25, -0.2) is 0 Å². The molecule has 5 atom stereocenters. The number of hydrogen-bond acceptors (Lipinski definition) is 9. The molecule has 12 nitrogen and oxygen atoms in total. The van der Waals surface area contributed by atoms with Gasteiger partial charge in [-0.1, -0.05) is 195 Å². The highest BCUT2D eigenvalue weighted by Gasteiger charge is 2.26. The maximum Gasteiger partial charge on any atom is 0.306 e. The number of esters is 1. The molecule has 1 aliphatic rings. The lowest BCUT2D eigenvalue weighted by atomic mass is 9.98. The number of carbonyl (C=O) groups is 4. The van der Waals surface area contributed by atoms with Gasteiger partial charge in [0.05, 0.1) is 25.7 Å². The minimum Gasteiger partial charge on any atom is -0.462 e. The van der Waals surface area contributed by atoms with Crippen LogP contribution in [0.15, 0.2) is 0 Å². The fourth-order valence-corrected chi connectivity index (χ4v) is 9.83. The molecule has 1 unspecified atom stereocenters. The van der Waals surface area contributed by atoms with Crippen molar-refractivity contribution < 1.29 is 42.5 Å². The Morgan fingerprint density at radius 1 is 0.600 bits per heavy atom. The summed E-state index contributed by atoms with van der Waals surface area (Å²) in [5.74, 6) is -0.697. The van der Waals surface area contributed by atoms with E-state index in [9.17, 15) is 23.7 Å². The maximum absolute atomic E-state index is 13.7. The topological polar surface area (TPSA) is 158 Å². The van der Waals surface area contributed by atoms with Crippen molar-refractivity contribution in [1.29, 1.82) is 0 Å². The molecule has 1 fully saturated rings. The molecule has 1 saturated heterocycles. The summed E-state index contributed by atoms with van der Waals surface area (Å²) in [5.41, 5.74) is 0. The smallest absolute Gasteiger partial charge is 0.306 e. The number of hydrogen-bond donors (Lipinski definition) is 3. The van der Waals surface area contributed by atoms with Crippen LogP contribution in [0, 0.1) is 5.92 Å².